The van der Waals surface area contributed by atoms with E-state index in [0.29, 0.717) is 0 Å². The zero-order valence-electron chi connectivity index (χ0n) is 3.63. The molecule has 0 aliphatic heterocycles. The lowest BCUT2D eigenvalue weighted by Crippen LogP contribution is -1.71. The van der Waals surface area contributed by atoms with Crippen LogP contribution >= 0.6 is 27.6 Å². The van der Waals surface area contributed by atoms with E-state index in [-0.39, 0.29) is 0 Å². The molecule has 0 saturated heterocycles. The van der Waals surface area contributed by atoms with Crippen molar-refractivity contribution in [2.75, 3.05) is 0 Å². The molecule has 46 valence electrons. The zero-order valence-corrected chi connectivity index (χ0v) is 6.31. The van der Waals surface area contributed by atoms with Crippen molar-refractivity contribution in [1.82, 2.24) is 0 Å². The van der Waals surface area contributed by atoms with Crippen LogP contribution in [0, 0.1) is 0 Å². The summed E-state index contributed by atoms with van der Waals surface area (Å²) in [5.74, 6) is 4.63. The van der Waals surface area contributed by atoms with E-state index in [0.717, 1.165) is 0 Å². The standard InChI is InChI=1S/H3N2O3P2S/c1-2-6(8)5-7(3)4/h1H2,(H-,2,3,4,8)/q+1/p+1. The summed E-state index contributed by atoms with van der Waals surface area (Å²) >= 11 is 3.58. The fourth-order valence-electron chi connectivity index (χ4n) is 0.0836. The molecule has 0 aliphatic rings. The number of rotatable bonds is 2. The third kappa shape index (κ3) is 4.59. The van der Waals surface area contributed by atoms with Crippen molar-refractivity contribution in [1.29, 1.82) is 0 Å². The second-order valence-electron chi connectivity index (χ2n) is 0.688. The van der Waals surface area contributed by atoms with Crippen molar-refractivity contribution in [3.8, 4) is 0 Å². The first-order valence-corrected chi connectivity index (χ1v) is 4.90. The van der Waals surface area contributed by atoms with Gasteiger partial charge in [-0.05, 0) is 0 Å². The van der Waals surface area contributed by atoms with Crippen LogP contribution in [-0.4, -0.2) is 4.89 Å². The highest BCUT2D eigenvalue weighted by Crippen LogP contribution is 2.40. The van der Waals surface area contributed by atoms with E-state index >= 15 is 0 Å². The summed E-state index contributed by atoms with van der Waals surface area (Å²) in [5, 5.41) is 0. The Labute approximate surface area is 52.9 Å². The highest BCUT2D eigenvalue weighted by molar-refractivity contribution is 8.40. The summed E-state index contributed by atoms with van der Waals surface area (Å²) < 4.78 is 13.8. The molecular formula is H4N2O3P2S+2. The molecule has 0 saturated carbocycles. The average Bonchev–Trinajstić information content (AvgIpc) is 1.65. The molecule has 0 heterocycles. The van der Waals surface area contributed by atoms with E-state index in [1.807, 2.05) is 0 Å². The van der Waals surface area contributed by atoms with Crippen LogP contribution in [0.2, 0.25) is 0 Å². The van der Waals surface area contributed by atoms with Crippen LogP contribution in [0.1, 0.15) is 0 Å². The van der Waals surface area contributed by atoms with Crippen molar-refractivity contribution < 1.29 is 13.8 Å². The third-order valence-electron chi connectivity index (χ3n) is 0.242. The van der Waals surface area contributed by atoms with Gasteiger partial charge in [-0.25, -0.2) is 0 Å². The highest BCUT2D eigenvalue weighted by Gasteiger charge is 2.27. The summed E-state index contributed by atoms with van der Waals surface area (Å²) in [6.07, 6.45) is 0. The Kier molecular flexibility index (Phi) is 4.56. The molecule has 0 bridgehead atoms. The van der Waals surface area contributed by atoms with Gasteiger partial charge in [0.1, 0.15) is 16.6 Å². The van der Waals surface area contributed by atoms with Gasteiger partial charge in [-0.2, -0.15) is 5.84 Å². The predicted octanol–water partition coefficient (Wildman–Crippen LogP) is 0.952. The molecule has 2 unspecified atom stereocenters. The number of thiol groups is 1. The van der Waals surface area contributed by atoms with Gasteiger partial charge < -0.3 is 0 Å². The third-order valence-corrected chi connectivity index (χ3v) is 2.55. The quantitative estimate of drug-likeness (QED) is 0.252. The number of nitrogens with two attached hydrogens (primary N) is 1. The first-order valence-electron chi connectivity index (χ1n) is 1.41. The molecule has 0 amide bonds. The minimum atomic E-state index is -2.62. The largest absolute Gasteiger partial charge is 0.741 e. The van der Waals surface area contributed by atoms with Crippen LogP contribution in [0.25, 0.3) is 0 Å². The van der Waals surface area contributed by atoms with Crippen molar-refractivity contribution in [3.05, 3.63) is 0 Å². The molecule has 0 aromatic carbocycles. The van der Waals surface area contributed by atoms with Crippen LogP contribution in [0.3, 0.4) is 0 Å². The molecule has 0 spiro atoms. The van der Waals surface area contributed by atoms with Gasteiger partial charge in [0.25, 0.3) is 0 Å². The topological polar surface area (TPSA) is 84.9 Å². The molecule has 0 radical (unpaired) electrons. The van der Waals surface area contributed by atoms with Crippen LogP contribution < -0.4 is 5.84 Å². The summed E-state index contributed by atoms with van der Waals surface area (Å²) in [5.41, 5.74) is 0. The first-order chi connectivity index (χ1) is 3.66. The maximum absolute atomic E-state index is 9.75. The molecule has 0 aliphatic carbocycles. The van der Waals surface area contributed by atoms with Crippen LogP contribution in [-0.2, 0) is 8.88 Å². The molecular weight excluding hydrogens is 170 g/mol. The van der Waals surface area contributed by atoms with E-state index in [1.165, 1.54) is 0 Å². The second-order valence-corrected chi connectivity index (χ2v) is 3.58. The molecule has 0 aromatic heterocycles. The number of hydrogen-bond donors (Lipinski definition) is 3. The predicted molar refractivity (Wildman–Crippen MR) is 33.4 cm³/mol. The summed E-state index contributed by atoms with van der Waals surface area (Å²) in [4.78, 5) is 11.0. The Morgan fingerprint density at radius 1 is 1.88 bits per heavy atom. The van der Waals surface area contributed by atoms with Gasteiger partial charge in [0.15, 0.2) is 0 Å². The average molecular weight is 174 g/mol. The number of nitrogens with zero attached hydrogens (tertiary/aromatic N) is 1. The smallest absolute Gasteiger partial charge is 0.185 e. The summed E-state index contributed by atoms with van der Waals surface area (Å²) in [6.45, 7) is 0. The maximum Gasteiger partial charge on any atom is 0.741 e. The Morgan fingerprint density at radius 2 is 2.38 bits per heavy atom. The lowest BCUT2D eigenvalue weighted by molar-refractivity contribution is 0.429. The van der Waals surface area contributed by atoms with E-state index in [1.54, 1.807) is 0 Å². The van der Waals surface area contributed by atoms with E-state index in [9.17, 15) is 4.57 Å². The molecule has 0 rings (SSSR count). The van der Waals surface area contributed by atoms with Gasteiger partial charge >= 0.3 is 15.4 Å². The van der Waals surface area contributed by atoms with Crippen molar-refractivity contribution in [2.45, 2.75) is 0 Å². The Balaban J connectivity index is 3.56. The SMILES string of the molecule is NN=[P+](S)O[P+](=O)O. The fourth-order valence-corrected chi connectivity index (χ4v) is 1.31. The van der Waals surface area contributed by atoms with Crippen LogP contribution in [0.15, 0.2) is 4.85 Å². The molecule has 8 heteroatoms. The van der Waals surface area contributed by atoms with Crippen molar-refractivity contribution >= 4 is 27.6 Å². The van der Waals surface area contributed by atoms with Gasteiger partial charge in [-0.1, -0.05) is 0 Å². The molecule has 3 N–H and O–H groups in total. The maximum atomic E-state index is 9.75. The zero-order chi connectivity index (χ0) is 6.57. The lowest BCUT2D eigenvalue weighted by Gasteiger charge is -1.60. The number of hydrogen-bond acceptors (Lipinski definition) is 3. The Morgan fingerprint density at radius 3 is 2.50 bits per heavy atom. The minimum absolute atomic E-state index is 1.55. The molecule has 2 atom stereocenters. The van der Waals surface area contributed by atoms with Gasteiger partial charge in [0.05, 0.1) is 0 Å². The van der Waals surface area contributed by atoms with E-state index < -0.39 is 15.4 Å². The Bertz CT molecular complexity index is 122. The van der Waals surface area contributed by atoms with Gasteiger partial charge in [-0.3, -0.25) is 0 Å². The molecule has 5 nitrogen and oxygen atoms in total. The minimum Gasteiger partial charge on any atom is -0.185 e. The summed E-state index contributed by atoms with van der Waals surface area (Å²) in [7, 11) is -4.17. The van der Waals surface area contributed by atoms with Gasteiger partial charge in [-0.15, -0.1) is 4.89 Å². The van der Waals surface area contributed by atoms with Crippen LogP contribution in [0.4, 0.5) is 0 Å². The first kappa shape index (κ1) is 8.43. The molecule has 8 heavy (non-hydrogen) atoms. The van der Waals surface area contributed by atoms with Crippen LogP contribution in [0.5, 0.6) is 0 Å². The monoisotopic (exact) mass is 174 g/mol. The normalized spacial score (nSPS) is 13.9. The van der Waals surface area contributed by atoms with E-state index in [2.05, 4.69) is 27.3 Å². The molecule has 0 fully saturated rings. The van der Waals surface area contributed by atoms with Crippen molar-refractivity contribution in [2.24, 2.45) is 10.7 Å². The fraction of sp³-hybridized carbons (Fsp3) is 0. The second kappa shape index (κ2) is 4.32. The molecule has 0 aromatic rings. The highest BCUT2D eigenvalue weighted by atomic mass is 32.7. The summed E-state index contributed by atoms with van der Waals surface area (Å²) in [6, 6.07) is 0. The van der Waals surface area contributed by atoms with E-state index in [4.69, 9.17) is 4.89 Å². The van der Waals surface area contributed by atoms with Gasteiger partial charge in [0, 0.05) is 9.42 Å². The van der Waals surface area contributed by atoms with Gasteiger partial charge in [0.2, 0.25) is 0 Å². The lowest BCUT2D eigenvalue weighted by atomic mass is 13.0. The van der Waals surface area contributed by atoms with Crippen molar-refractivity contribution in [3.63, 3.8) is 0 Å². The Hall–Kier alpha value is 0.430.